The topological polar surface area (TPSA) is 44.5 Å². The van der Waals surface area contributed by atoms with Gasteiger partial charge in [0.25, 0.3) is 0 Å². The Morgan fingerprint density at radius 1 is 1.53 bits per heavy atom. The maximum atomic E-state index is 5.78. The number of ether oxygens (including phenoxy) is 2. The fourth-order valence-electron chi connectivity index (χ4n) is 1.64. The van der Waals surface area contributed by atoms with Crippen LogP contribution in [0.1, 0.15) is 18.1 Å². The molecule has 0 aromatic heterocycles. The first-order valence-electron chi connectivity index (χ1n) is 4.94. The van der Waals surface area contributed by atoms with E-state index >= 15 is 0 Å². The first-order valence-corrected chi connectivity index (χ1v) is 5.73. The third kappa shape index (κ3) is 2.51. The van der Waals surface area contributed by atoms with Gasteiger partial charge in [-0.2, -0.15) is 0 Å². The SMILES string of the molecule is CC(N)Cc1cc2c(cc1Br)COCO2. The van der Waals surface area contributed by atoms with E-state index in [1.54, 1.807) is 0 Å². The van der Waals surface area contributed by atoms with Gasteiger partial charge in [0, 0.05) is 16.1 Å². The normalized spacial score (nSPS) is 16.7. The molecule has 1 unspecified atom stereocenters. The second kappa shape index (κ2) is 4.51. The van der Waals surface area contributed by atoms with E-state index in [0.29, 0.717) is 13.4 Å². The maximum Gasteiger partial charge on any atom is 0.189 e. The van der Waals surface area contributed by atoms with Crippen molar-refractivity contribution in [2.75, 3.05) is 6.79 Å². The molecule has 1 aliphatic rings. The van der Waals surface area contributed by atoms with Crippen LogP contribution in [-0.2, 0) is 17.8 Å². The van der Waals surface area contributed by atoms with Crippen molar-refractivity contribution in [1.29, 1.82) is 0 Å². The number of hydrogen-bond donors (Lipinski definition) is 1. The summed E-state index contributed by atoms with van der Waals surface area (Å²) in [7, 11) is 0. The third-order valence-corrected chi connectivity index (χ3v) is 3.06. The Kier molecular flexibility index (Phi) is 3.29. The molecule has 1 aromatic rings. The van der Waals surface area contributed by atoms with Crippen LogP contribution in [0.2, 0.25) is 0 Å². The molecule has 0 fully saturated rings. The lowest BCUT2D eigenvalue weighted by Crippen LogP contribution is -2.19. The summed E-state index contributed by atoms with van der Waals surface area (Å²) < 4.78 is 11.7. The van der Waals surface area contributed by atoms with Gasteiger partial charge in [-0.25, -0.2) is 0 Å². The molecule has 0 radical (unpaired) electrons. The van der Waals surface area contributed by atoms with E-state index in [4.69, 9.17) is 15.2 Å². The average Bonchev–Trinajstić information content (AvgIpc) is 2.18. The van der Waals surface area contributed by atoms with Crippen LogP contribution in [-0.4, -0.2) is 12.8 Å². The van der Waals surface area contributed by atoms with Crippen LogP contribution < -0.4 is 10.5 Å². The fraction of sp³-hybridized carbons (Fsp3) is 0.455. The number of hydrogen-bond acceptors (Lipinski definition) is 3. The molecule has 0 amide bonds. The molecule has 0 saturated carbocycles. The van der Waals surface area contributed by atoms with E-state index in [0.717, 1.165) is 22.2 Å². The van der Waals surface area contributed by atoms with Gasteiger partial charge in [0.1, 0.15) is 5.75 Å². The zero-order valence-electron chi connectivity index (χ0n) is 8.63. The Bertz CT molecular complexity index is 366. The smallest absolute Gasteiger partial charge is 0.189 e. The number of fused-ring (bicyclic) bond motifs is 1. The van der Waals surface area contributed by atoms with Crippen LogP contribution in [0.15, 0.2) is 16.6 Å². The van der Waals surface area contributed by atoms with Crippen molar-refractivity contribution in [3.05, 3.63) is 27.7 Å². The lowest BCUT2D eigenvalue weighted by Gasteiger charge is -2.19. The molecule has 1 aliphatic heterocycles. The highest BCUT2D eigenvalue weighted by Gasteiger charge is 2.14. The summed E-state index contributed by atoms with van der Waals surface area (Å²) in [6, 6.07) is 4.25. The Hall–Kier alpha value is -0.580. The number of halogens is 1. The summed E-state index contributed by atoms with van der Waals surface area (Å²) >= 11 is 3.54. The van der Waals surface area contributed by atoms with Gasteiger partial charge in [0.2, 0.25) is 0 Å². The van der Waals surface area contributed by atoms with Gasteiger partial charge in [0.05, 0.1) is 6.61 Å². The van der Waals surface area contributed by atoms with Crippen LogP contribution in [0.25, 0.3) is 0 Å². The van der Waals surface area contributed by atoms with Crippen molar-refractivity contribution in [2.45, 2.75) is 26.0 Å². The molecule has 0 bridgehead atoms. The summed E-state index contributed by atoms with van der Waals surface area (Å²) in [6.07, 6.45) is 0.845. The molecule has 1 aromatic carbocycles. The molecule has 4 heteroatoms. The first-order chi connectivity index (χ1) is 7.16. The number of benzene rings is 1. The van der Waals surface area contributed by atoms with Crippen molar-refractivity contribution in [3.63, 3.8) is 0 Å². The summed E-state index contributed by atoms with van der Waals surface area (Å²) in [6.45, 7) is 2.95. The zero-order chi connectivity index (χ0) is 10.8. The molecular weight excluding hydrogens is 258 g/mol. The predicted molar refractivity (Wildman–Crippen MR) is 61.8 cm³/mol. The van der Waals surface area contributed by atoms with Gasteiger partial charge in [-0.3, -0.25) is 0 Å². The summed E-state index contributed by atoms with van der Waals surface area (Å²) in [4.78, 5) is 0. The van der Waals surface area contributed by atoms with Crippen molar-refractivity contribution < 1.29 is 9.47 Å². The number of nitrogens with two attached hydrogens (primary N) is 1. The van der Waals surface area contributed by atoms with Crippen molar-refractivity contribution in [2.24, 2.45) is 5.73 Å². The van der Waals surface area contributed by atoms with Gasteiger partial charge >= 0.3 is 0 Å². The first kappa shape index (κ1) is 10.9. The molecule has 82 valence electrons. The van der Waals surface area contributed by atoms with Crippen molar-refractivity contribution in [1.82, 2.24) is 0 Å². The van der Waals surface area contributed by atoms with E-state index in [2.05, 4.69) is 15.9 Å². The summed E-state index contributed by atoms with van der Waals surface area (Å²) in [5, 5.41) is 0. The van der Waals surface area contributed by atoms with E-state index in [1.165, 1.54) is 5.56 Å². The largest absolute Gasteiger partial charge is 0.467 e. The maximum absolute atomic E-state index is 5.78. The zero-order valence-corrected chi connectivity index (χ0v) is 10.2. The Balaban J connectivity index is 2.32. The van der Waals surface area contributed by atoms with E-state index in [9.17, 15) is 0 Å². The Labute approximate surface area is 97.7 Å². The lowest BCUT2D eigenvalue weighted by atomic mass is 10.0. The molecule has 15 heavy (non-hydrogen) atoms. The van der Waals surface area contributed by atoms with Crippen LogP contribution in [0.3, 0.4) is 0 Å². The highest BCUT2D eigenvalue weighted by Crippen LogP contribution is 2.30. The van der Waals surface area contributed by atoms with Crippen LogP contribution in [0.4, 0.5) is 0 Å². The molecular formula is C11H14BrNO2. The van der Waals surface area contributed by atoms with Crippen molar-refractivity contribution in [3.8, 4) is 5.75 Å². The van der Waals surface area contributed by atoms with Gasteiger partial charge in [-0.1, -0.05) is 15.9 Å². The quantitative estimate of drug-likeness (QED) is 0.897. The van der Waals surface area contributed by atoms with Crippen LogP contribution in [0.5, 0.6) is 5.75 Å². The predicted octanol–water partition coefficient (Wildman–Crippen LogP) is 2.21. The van der Waals surface area contributed by atoms with E-state index < -0.39 is 0 Å². The average molecular weight is 272 g/mol. The highest BCUT2D eigenvalue weighted by atomic mass is 79.9. The molecule has 3 nitrogen and oxygen atoms in total. The minimum atomic E-state index is 0.152. The van der Waals surface area contributed by atoms with Gasteiger partial charge in [-0.05, 0) is 31.0 Å². The molecule has 1 atom stereocenters. The second-order valence-electron chi connectivity index (χ2n) is 3.84. The van der Waals surface area contributed by atoms with Gasteiger partial charge < -0.3 is 15.2 Å². The lowest BCUT2D eigenvalue weighted by molar-refractivity contribution is -0.0164. The molecule has 0 saturated heterocycles. The Morgan fingerprint density at radius 3 is 3.07 bits per heavy atom. The van der Waals surface area contributed by atoms with Gasteiger partial charge in [-0.15, -0.1) is 0 Å². The molecule has 0 aliphatic carbocycles. The van der Waals surface area contributed by atoms with Crippen molar-refractivity contribution >= 4 is 15.9 Å². The van der Waals surface area contributed by atoms with Crippen LogP contribution >= 0.6 is 15.9 Å². The van der Waals surface area contributed by atoms with Gasteiger partial charge in [0.15, 0.2) is 6.79 Å². The van der Waals surface area contributed by atoms with Crippen LogP contribution in [0, 0.1) is 0 Å². The molecule has 0 spiro atoms. The minimum Gasteiger partial charge on any atom is -0.467 e. The van der Waals surface area contributed by atoms with E-state index in [-0.39, 0.29) is 6.04 Å². The molecule has 2 rings (SSSR count). The summed E-state index contributed by atoms with van der Waals surface area (Å²) in [5.41, 5.74) is 8.05. The highest BCUT2D eigenvalue weighted by molar-refractivity contribution is 9.10. The van der Waals surface area contributed by atoms with E-state index in [1.807, 2.05) is 19.1 Å². The number of rotatable bonds is 2. The fourth-order valence-corrected chi connectivity index (χ4v) is 2.20. The Morgan fingerprint density at radius 2 is 2.33 bits per heavy atom. The molecule has 2 N–H and O–H groups in total. The monoisotopic (exact) mass is 271 g/mol. The molecule has 1 heterocycles. The second-order valence-corrected chi connectivity index (χ2v) is 4.70. The minimum absolute atomic E-state index is 0.152. The third-order valence-electron chi connectivity index (χ3n) is 2.33. The standard InChI is InChI=1S/C11H14BrNO2/c1-7(13)2-8-4-11-9(3-10(8)12)5-14-6-15-11/h3-4,7H,2,5-6,13H2,1H3. The summed E-state index contributed by atoms with van der Waals surface area (Å²) in [5.74, 6) is 0.917.